The molecule has 1 aliphatic carbocycles. The molecule has 0 spiro atoms. The van der Waals surface area contributed by atoms with Gasteiger partial charge in [0.1, 0.15) is 11.5 Å². The molecule has 110 valence electrons. The Morgan fingerprint density at radius 2 is 1.86 bits per heavy atom. The van der Waals surface area contributed by atoms with E-state index in [1.807, 2.05) is 12.1 Å². The van der Waals surface area contributed by atoms with Gasteiger partial charge in [-0.05, 0) is 56.9 Å². The van der Waals surface area contributed by atoms with E-state index in [-0.39, 0.29) is 0 Å². The van der Waals surface area contributed by atoms with Crippen LogP contribution in [-0.4, -0.2) is 6.04 Å². The first kappa shape index (κ1) is 14.2. The normalized spacial score (nSPS) is 14.2. The summed E-state index contributed by atoms with van der Waals surface area (Å²) in [6.45, 7) is 7.24. The van der Waals surface area contributed by atoms with E-state index in [1.165, 1.54) is 35.1 Å². The van der Waals surface area contributed by atoms with Crippen molar-refractivity contribution in [3.8, 4) is 11.5 Å². The van der Waals surface area contributed by atoms with Crippen LogP contribution < -0.4 is 10.1 Å². The first-order valence-electron chi connectivity index (χ1n) is 7.70. The Kier molecular flexibility index (Phi) is 3.98. The molecule has 0 unspecified atom stereocenters. The fraction of sp³-hybridized carbons (Fsp3) is 0.368. The number of ether oxygens (including phenoxy) is 1. The van der Waals surface area contributed by atoms with Crippen LogP contribution in [0.4, 0.5) is 0 Å². The van der Waals surface area contributed by atoms with Crippen molar-refractivity contribution in [3.63, 3.8) is 0 Å². The Labute approximate surface area is 127 Å². The standard InChI is InChI=1S/C19H23NO/c1-13-7-10-19(16(11-13)12-20-17-8-9-17)21-18-6-4-5-14(2)15(18)3/h4-7,10-11,17,20H,8-9,12H2,1-3H3. The fourth-order valence-corrected chi connectivity index (χ4v) is 2.44. The summed E-state index contributed by atoms with van der Waals surface area (Å²) >= 11 is 0. The quantitative estimate of drug-likeness (QED) is 0.861. The van der Waals surface area contributed by atoms with Crippen LogP contribution in [0.5, 0.6) is 11.5 Å². The molecule has 0 aliphatic heterocycles. The van der Waals surface area contributed by atoms with Crippen molar-refractivity contribution in [2.24, 2.45) is 0 Å². The van der Waals surface area contributed by atoms with Crippen LogP contribution in [0.2, 0.25) is 0 Å². The van der Waals surface area contributed by atoms with Crippen molar-refractivity contribution < 1.29 is 4.74 Å². The van der Waals surface area contributed by atoms with Gasteiger partial charge in [0.2, 0.25) is 0 Å². The van der Waals surface area contributed by atoms with Crippen molar-refractivity contribution in [1.29, 1.82) is 0 Å². The van der Waals surface area contributed by atoms with Crippen molar-refractivity contribution in [1.82, 2.24) is 5.32 Å². The topological polar surface area (TPSA) is 21.3 Å². The van der Waals surface area contributed by atoms with Crippen LogP contribution in [0.1, 0.15) is 35.1 Å². The summed E-state index contributed by atoms with van der Waals surface area (Å²) in [5.74, 6) is 1.91. The van der Waals surface area contributed by atoms with Gasteiger partial charge >= 0.3 is 0 Å². The molecule has 0 aromatic heterocycles. The first-order valence-corrected chi connectivity index (χ1v) is 7.70. The van der Waals surface area contributed by atoms with Crippen LogP contribution in [-0.2, 0) is 6.54 Å². The molecule has 3 rings (SSSR count). The van der Waals surface area contributed by atoms with E-state index in [9.17, 15) is 0 Å². The number of nitrogens with one attached hydrogen (secondary N) is 1. The maximum Gasteiger partial charge on any atom is 0.131 e. The fourth-order valence-electron chi connectivity index (χ4n) is 2.44. The summed E-state index contributed by atoms with van der Waals surface area (Å²) in [7, 11) is 0. The zero-order valence-corrected chi connectivity index (χ0v) is 13.1. The highest BCUT2D eigenvalue weighted by Crippen LogP contribution is 2.30. The molecular formula is C19H23NO. The lowest BCUT2D eigenvalue weighted by atomic mass is 10.1. The predicted molar refractivity (Wildman–Crippen MR) is 87.0 cm³/mol. The van der Waals surface area contributed by atoms with Crippen LogP contribution in [0.3, 0.4) is 0 Å². The molecule has 1 fully saturated rings. The van der Waals surface area contributed by atoms with Crippen molar-refractivity contribution in [2.45, 2.75) is 46.2 Å². The second kappa shape index (κ2) is 5.90. The largest absolute Gasteiger partial charge is 0.457 e. The maximum atomic E-state index is 6.19. The predicted octanol–water partition coefficient (Wildman–Crippen LogP) is 4.66. The highest BCUT2D eigenvalue weighted by atomic mass is 16.5. The molecule has 0 bridgehead atoms. The van der Waals surface area contributed by atoms with Gasteiger partial charge in [0.05, 0.1) is 0 Å². The molecule has 0 saturated heterocycles. The van der Waals surface area contributed by atoms with Gasteiger partial charge in [0, 0.05) is 18.2 Å². The smallest absolute Gasteiger partial charge is 0.131 e. The van der Waals surface area contributed by atoms with Gasteiger partial charge in [0.25, 0.3) is 0 Å². The summed E-state index contributed by atoms with van der Waals surface area (Å²) in [5, 5.41) is 3.57. The molecule has 2 aromatic rings. The van der Waals surface area contributed by atoms with E-state index in [4.69, 9.17) is 4.74 Å². The maximum absolute atomic E-state index is 6.19. The highest BCUT2D eigenvalue weighted by Gasteiger charge is 2.20. The Morgan fingerprint density at radius 3 is 2.62 bits per heavy atom. The Balaban J connectivity index is 1.84. The Hall–Kier alpha value is -1.80. The van der Waals surface area contributed by atoms with E-state index in [1.54, 1.807) is 0 Å². The van der Waals surface area contributed by atoms with Crippen molar-refractivity contribution in [2.75, 3.05) is 0 Å². The van der Waals surface area contributed by atoms with E-state index < -0.39 is 0 Å². The zero-order chi connectivity index (χ0) is 14.8. The molecule has 0 amide bonds. The Morgan fingerprint density at radius 1 is 1.05 bits per heavy atom. The van der Waals surface area contributed by atoms with E-state index in [0.29, 0.717) is 6.04 Å². The lowest BCUT2D eigenvalue weighted by Gasteiger charge is -2.15. The number of aryl methyl sites for hydroxylation is 2. The summed E-state index contributed by atoms with van der Waals surface area (Å²) in [6.07, 6.45) is 2.61. The van der Waals surface area contributed by atoms with Crippen molar-refractivity contribution >= 4 is 0 Å². The second-order valence-electron chi connectivity index (χ2n) is 6.07. The number of hydrogen-bond acceptors (Lipinski definition) is 2. The molecular weight excluding hydrogens is 258 g/mol. The van der Waals surface area contributed by atoms with Crippen molar-refractivity contribution in [3.05, 3.63) is 58.7 Å². The van der Waals surface area contributed by atoms with Gasteiger partial charge in [0.15, 0.2) is 0 Å². The molecule has 2 nitrogen and oxygen atoms in total. The summed E-state index contributed by atoms with van der Waals surface area (Å²) in [4.78, 5) is 0. The van der Waals surface area contributed by atoms with Gasteiger partial charge in [-0.15, -0.1) is 0 Å². The average Bonchev–Trinajstić information content (AvgIpc) is 3.28. The van der Waals surface area contributed by atoms with Gasteiger partial charge in [-0.25, -0.2) is 0 Å². The number of hydrogen-bond donors (Lipinski definition) is 1. The Bertz CT molecular complexity index is 644. The molecule has 0 atom stereocenters. The monoisotopic (exact) mass is 281 g/mol. The number of rotatable bonds is 5. The lowest BCUT2D eigenvalue weighted by molar-refractivity contribution is 0.468. The van der Waals surface area contributed by atoms with Gasteiger partial charge in [-0.2, -0.15) is 0 Å². The third-order valence-corrected chi connectivity index (χ3v) is 4.15. The van der Waals surface area contributed by atoms with Crippen LogP contribution >= 0.6 is 0 Å². The van der Waals surface area contributed by atoms with E-state index in [0.717, 1.165) is 18.0 Å². The highest BCUT2D eigenvalue weighted by molar-refractivity contribution is 5.44. The van der Waals surface area contributed by atoms with E-state index >= 15 is 0 Å². The minimum atomic E-state index is 0.707. The molecule has 0 radical (unpaired) electrons. The third kappa shape index (κ3) is 3.45. The molecule has 1 N–H and O–H groups in total. The SMILES string of the molecule is Cc1ccc(Oc2cccc(C)c2C)c(CNC2CC2)c1. The third-order valence-electron chi connectivity index (χ3n) is 4.15. The summed E-state index contributed by atoms with van der Waals surface area (Å²) in [5.41, 5.74) is 4.98. The molecule has 2 aromatic carbocycles. The molecule has 1 aliphatic rings. The molecule has 0 heterocycles. The minimum Gasteiger partial charge on any atom is -0.457 e. The summed E-state index contributed by atoms with van der Waals surface area (Å²) < 4.78 is 6.19. The first-order chi connectivity index (χ1) is 10.1. The van der Waals surface area contributed by atoms with Crippen LogP contribution in [0.15, 0.2) is 36.4 Å². The van der Waals surface area contributed by atoms with Crippen LogP contribution in [0.25, 0.3) is 0 Å². The average molecular weight is 281 g/mol. The lowest BCUT2D eigenvalue weighted by Crippen LogP contribution is -2.15. The van der Waals surface area contributed by atoms with Gasteiger partial charge in [-0.1, -0.05) is 29.8 Å². The van der Waals surface area contributed by atoms with Gasteiger partial charge in [-0.3, -0.25) is 0 Å². The minimum absolute atomic E-state index is 0.707. The zero-order valence-electron chi connectivity index (χ0n) is 13.1. The van der Waals surface area contributed by atoms with E-state index in [2.05, 4.69) is 50.4 Å². The van der Waals surface area contributed by atoms with Gasteiger partial charge < -0.3 is 10.1 Å². The number of benzene rings is 2. The molecule has 2 heteroatoms. The molecule has 1 saturated carbocycles. The molecule has 21 heavy (non-hydrogen) atoms. The second-order valence-corrected chi connectivity index (χ2v) is 6.07. The van der Waals surface area contributed by atoms with Crippen LogP contribution in [0, 0.1) is 20.8 Å². The summed E-state index contributed by atoms with van der Waals surface area (Å²) in [6, 6.07) is 13.3.